The summed E-state index contributed by atoms with van der Waals surface area (Å²) in [7, 11) is 0. The van der Waals surface area contributed by atoms with Crippen LogP contribution in [0.15, 0.2) is 42.5 Å². The summed E-state index contributed by atoms with van der Waals surface area (Å²) in [5, 5.41) is 3.23. The van der Waals surface area contributed by atoms with Crippen molar-refractivity contribution in [3.63, 3.8) is 0 Å². The minimum atomic E-state index is -4.68. The predicted octanol–water partition coefficient (Wildman–Crippen LogP) is 5.37. The Morgan fingerprint density at radius 2 is 1.96 bits per heavy atom. The van der Waals surface area contributed by atoms with Crippen LogP contribution in [0, 0.1) is 5.82 Å². The van der Waals surface area contributed by atoms with Crippen LogP contribution in [0.2, 0.25) is 5.02 Å². The lowest BCUT2D eigenvalue weighted by Gasteiger charge is -2.43. The van der Waals surface area contributed by atoms with Crippen LogP contribution in [0.3, 0.4) is 0 Å². The minimum absolute atomic E-state index is 0.105. The second-order valence-corrected chi connectivity index (χ2v) is 7.76. The van der Waals surface area contributed by atoms with E-state index in [9.17, 15) is 17.6 Å². The Bertz CT molecular complexity index is 971. The number of benzene rings is 2. The van der Waals surface area contributed by atoms with Crippen molar-refractivity contribution in [2.24, 2.45) is 0 Å². The molecule has 0 radical (unpaired) electrons. The quantitative estimate of drug-likeness (QED) is 0.404. The molecule has 3 unspecified atom stereocenters. The van der Waals surface area contributed by atoms with E-state index in [-0.39, 0.29) is 10.6 Å². The van der Waals surface area contributed by atoms with E-state index < -0.39 is 35.7 Å². The molecular weight excluding hydrogens is 396 g/mol. The minimum Gasteiger partial charge on any atom is -0.398 e. The van der Waals surface area contributed by atoms with Gasteiger partial charge in [0, 0.05) is 22.0 Å². The first-order valence-electron chi connectivity index (χ1n) is 8.59. The molecule has 0 saturated carbocycles. The Hall–Kier alpha value is -2.25. The highest BCUT2D eigenvalue weighted by atomic mass is 35.5. The van der Waals surface area contributed by atoms with Gasteiger partial charge in [-0.25, -0.2) is 4.39 Å². The first kappa shape index (κ1) is 19.1. The molecule has 2 aromatic carbocycles. The van der Waals surface area contributed by atoms with Crippen molar-refractivity contribution in [2.75, 3.05) is 17.7 Å². The molecule has 2 aromatic rings. The topological polar surface area (TPSA) is 50.6 Å². The number of hydrogen-bond acceptors (Lipinski definition) is 3. The van der Waals surface area contributed by atoms with Crippen LogP contribution in [0.5, 0.6) is 0 Å². The van der Waals surface area contributed by atoms with Crippen LogP contribution in [-0.4, -0.2) is 23.9 Å². The maximum Gasteiger partial charge on any atom is 0.420 e. The van der Waals surface area contributed by atoms with Gasteiger partial charge in [0.1, 0.15) is 5.82 Å². The number of fused-ring (bicyclic) bond motifs is 1. The zero-order chi connectivity index (χ0) is 20.3. The third-order valence-electron chi connectivity index (χ3n) is 5.41. The number of nitrogens with two attached hydrogens (primary N) is 1. The van der Waals surface area contributed by atoms with Crippen molar-refractivity contribution < 1.29 is 22.3 Å². The van der Waals surface area contributed by atoms with Crippen LogP contribution in [-0.2, 0) is 4.74 Å². The highest BCUT2D eigenvalue weighted by molar-refractivity contribution is 6.30. The standard InChI is InChI=1S/C20H17ClF4N2O/c1-18(8-7-13-15(26)3-2-4-16(13)27-18)17(19(10-28-19)20(23,24)25)12-6-5-11(21)9-14(12)22/h2-9,17,27H,10,26H2,1H3. The molecule has 0 bridgehead atoms. The second kappa shape index (κ2) is 6.12. The second-order valence-electron chi connectivity index (χ2n) is 7.32. The molecule has 1 saturated heterocycles. The maximum atomic E-state index is 14.8. The predicted molar refractivity (Wildman–Crippen MR) is 101 cm³/mol. The lowest BCUT2D eigenvalue weighted by Crippen LogP contribution is -2.53. The smallest absolute Gasteiger partial charge is 0.398 e. The molecule has 2 aliphatic heterocycles. The van der Waals surface area contributed by atoms with Crippen LogP contribution >= 0.6 is 11.6 Å². The molecule has 2 heterocycles. The van der Waals surface area contributed by atoms with Gasteiger partial charge in [-0.1, -0.05) is 35.9 Å². The van der Waals surface area contributed by atoms with Crippen LogP contribution in [0.1, 0.15) is 24.0 Å². The number of alkyl halides is 3. The first-order valence-corrected chi connectivity index (χ1v) is 8.97. The zero-order valence-corrected chi connectivity index (χ0v) is 15.5. The van der Waals surface area contributed by atoms with Crippen molar-refractivity contribution in [2.45, 2.75) is 30.2 Å². The summed E-state index contributed by atoms with van der Waals surface area (Å²) in [4.78, 5) is 0. The summed E-state index contributed by atoms with van der Waals surface area (Å²) in [6.45, 7) is 1.04. The Labute approximate surface area is 164 Å². The van der Waals surface area contributed by atoms with Gasteiger partial charge in [0.2, 0.25) is 0 Å². The Kier molecular flexibility index (Phi) is 4.17. The average molecular weight is 413 g/mol. The Morgan fingerprint density at radius 1 is 1.25 bits per heavy atom. The molecule has 3 N–H and O–H groups in total. The molecule has 8 heteroatoms. The summed E-state index contributed by atoms with van der Waals surface area (Å²) in [6, 6.07) is 8.79. The fourth-order valence-electron chi connectivity index (χ4n) is 4.00. The van der Waals surface area contributed by atoms with E-state index in [1.165, 1.54) is 12.1 Å². The van der Waals surface area contributed by atoms with Crippen molar-refractivity contribution in [1.82, 2.24) is 0 Å². The number of hydrogen-bond donors (Lipinski definition) is 2. The fourth-order valence-corrected chi connectivity index (χ4v) is 4.16. The molecule has 3 nitrogen and oxygen atoms in total. The largest absolute Gasteiger partial charge is 0.420 e. The highest BCUT2D eigenvalue weighted by Crippen LogP contribution is 2.58. The van der Waals surface area contributed by atoms with Gasteiger partial charge in [-0.15, -0.1) is 0 Å². The average Bonchev–Trinajstić information content (AvgIpc) is 3.38. The van der Waals surface area contributed by atoms with Crippen molar-refractivity contribution >= 4 is 29.1 Å². The fraction of sp³-hybridized carbons (Fsp3) is 0.300. The SMILES string of the molecule is CC1(C(c2ccc(Cl)cc2F)C2(C(F)(F)F)CO2)C=Cc2c(N)cccc2N1. The Balaban J connectivity index is 1.88. The van der Waals surface area contributed by atoms with Gasteiger partial charge in [0.05, 0.1) is 18.1 Å². The summed E-state index contributed by atoms with van der Waals surface area (Å²) in [5.74, 6) is -2.20. The van der Waals surface area contributed by atoms with Gasteiger partial charge in [0.25, 0.3) is 0 Å². The van der Waals surface area contributed by atoms with E-state index >= 15 is 0 Å². The number of nitrogen functional groups attached to an aromatic ring is 1. The molecule has 28 heavy (non-hydrogen) atoms. The van der Waals surface area contributed by atoms with Crippen molar-refractivity contribution in [3.05, 3.63) is 64.4 Å². The van der Waals surface area contributed by atoms with Gasteiger partial charge in [0.15, 0.2) is 5.60 Å². The highest BCUT2D eigenvalue weighted by Gasteiger charge is 2.73. The van der Waals surface area contributed by atoms with Gasteiger partial charge >= 0.3 is 6.18 Å². The number of rotatable bonds is 3. The van der Waals surface area contributed by atoms with Crippen molar-refractivity contribution in [3.8, 4) is 0 Å². The number of epoxide rings is 1. The van der Waals surface area contributed by atoms with Gasteiger partial charge in [-0.3, -0.25) is 0 Å². The molecule has 1 fully saturated rings. The molecular formula is C20H17ClF4N2O. The van der Waals surface area contributed by atoms with E-state index in [0.29, 0.717) is 16.9 Å². The third-order valence-corrected chi connectivity index (χ3v) is 5.65. The van der Waals surface area contributed by atoms with Gasteiger partial charge in [-0.05, 0) is 36.8 Å². The molecule has 0 aromatic heterocycles. The zero-order valence-electron chi connectivity index (χ0n) is 14.8. The number of halogens is 5. The molecule has 0 amide bonds. The Morgan fingerprint density at radius 3 is 2.57 bits per heavy atom. The summed E-state index contributed by atoms with van der Waals surface area (Å²) in [6.07, 6.45) is -1.44. The lowest BCUT2D eigenvalue weighted by molar-refractivity contribution is -0.193. The number of anilines is 2. The van der Waals surface area contributed by atoms with Crippen LogP contribution in [0.4, 0.5) is 28.9 Å². The molecule has 0 aliphatic carbocycles. The van der Waals surface area contributed by atoms with E-state index in [2.05, 4.69) is 5.32 Å². The number of ether oxygens (including phenoxy) is 1. The summed E-state index contributed by atoms with van der Waals surface area (Å²) < 4.78 is 61.7. The molecule has 4 rings (SSSR count). The van der Waals surface area contributed by atoms with E-state index in [4.69, 9.17) is 22.1 Å². The number of nitrogens with one attached hydrogen (secondary N) is 1. The molecule has 148 valence electrons. The normalized spacial score (nSPS) is 27.1. The van der Waals surface area contributed by atoms with E-state index in [1.54, 1.807) is 37.3 Å². The summed E-state index contributed by atoms with van der Waals surface area (Å²) >= 11 is 5.81. The van der Waals surface area contributed by atoms with Gasteiger partial charge in [-0.2, -0.15) is 13.2 Å². The molecule has 2 aliphatic rings. The monoisotopic (exact) mass is 412 g/mol. The van der Waals surface area contributed by atoms with Gasteiger partial charge < -0.3 is 15.8 Å². The van der Waals surface area contributed by atoms with E-state index in [0.717, 1.165) is 6.07 Å². The van der Waals surface area contributed by atoms with E-state index in [1.807, 2.05) is 0 Å². The van der Waals surface area contributed by atoms with Crippen LogP contribution < -0.4 is 11.1 Å². The molecule has 3 atom stereocenters. The summed E-state index contributed by atoms with van der Waals surface area (Å²) in [5.41, 5.74) is 3.79. The van der Waals surface area contributed by atoms with Crippen molar-refractivity contribution in [1.29, 1.82) is 0 Å². The first-order chi connectivity index (χ1) is 13.1. The third kappa shape index (κ3) is 2.84. The molecule has 0 spiro atoms. The lowest BCUT2D eigenvalue weighted by atomic mass is 9.70. The maximum absolute atomic E-state index is 14.8. The van der Waals surface area contributed by atoms with Crippen LogP contribution in [0.25, 0.3) is 6.08 Å².